The number of hydrogen-bond acceptors (Lipinski definition) is 6. The lowest BCUT2D eigenvalue weighted by Gasteiger charge is -2.61. The molecular formula is C28H30N4O5. The molecule has 4 fully saturated rings. The number of aromatic nitrogens is 1. The fourth-order valence-electron chi connectivity index (χ4n) is 5.84. The highest BCUT2D eigenvalue weighted by atomic mass is 16.5. The highest BCUT2D eigenvalue weighted by Crippen LogP contribution is 2.57. The first-order valence-corrected chi connectivity index (χ1v) is 12.6. The molecule has 37 heavy (non-hydrogen) atoms. The van der Waals surface area contributed by atoms with Gasteiger partial charge in [0.15, 0.2) is 5.76 Å². The van der Waals surface area contributed by atoms with Crippen LogP contribution in [0.4, 0.5) is 0 Å². The number of aromatic amines is 1. The Balaban J connectivity index is 1.24. The van der Waals surface area contributed by atoms with Crippen molar-refractivity contribution in [2.24, 2.45) is 5.92 Å². The number of allylic oxidation sites excluding steroid dienone is 1. The molecule has 2 bridgehead atoms. The number of nitrogens with zero attached hydrogens (tertiary/aromatic N) is 1. The fourth-order valence-corrected chi connectivity index (χ4v) is 5.84. The lowest BCUT2D eigenvalue weighted by atomic mass is 9.50. The van der Waals surface area contributed by atoms with Crippen molar-refractivity contribution in [1.29, 1.82) is 5.41 Å². The van der Waals surface area contributed by atoms with Gasteiger partial charge >= 0.3 is 0 Å². The van der Waals surface area contributed by atoms with Crippen molar-refractivity contribution in [1.82, 2.24) is 15.2 Å². The van der Waals surface area contributed by atoms with Gasteiger partial charge in [0.05, 0.1) is 29.0 Å². The third-order valence-corrected chi connectivity index (χ3v) is 8.25. The Hall–Kier alpha value is -3.85. The molecule has 1 saturated heterocycles. The Morgan fingerprint density at radius 3 is 2.68 bits per heavy atom. The molecule has 0 radical (unpaired) electrons. The van der Waals surface area contributed by atoms with Gasteiger partial charge in [0.25, 0.3) is 11.8 Å². The van der Waals surface area contributed by atoms with Gasteiger partial charge in [0, 0.05) is 42.0 Å². The van der Waals surface area contributed by atoms with Crippen molar-refractivity contribution in [3.63, 3.8) is 0 Å². The number of aryl methyl sites for hydroxylation is 1. The monoisotopic (exact) mass is 502 g/mol. The minimum Gasteiger partial charge on any atom is -0.460 e. The van der Waals surface area contributed by atoms with Gasteiger partial charge in [0.2, 0.25) is 0 Å². The van der Waals surface area contributed by atoms with Gasteiger partial charge in [-0.3, -0.25) is 9.59 Å². The minimum absolute atomic E-state index is 0.0189. The summed E-state index contributed by atoms with van der Waals surface area (Å²) in [7, 11) is 0. The molecule has 3 aromatic rings. The summed E-state index contributed by atoms with van der Waals surface area (Å²) in [4.78, 5) is 30.7. The van der Waals surface area contributed by atoms with Crippen LogP contribution in [0.15, 0.2) is 34.9 Å². The number of likely N-dealkylation sites (tertiary alicyclic amines) is 1. The number of carbonyl (C=O) groups is 2. The fraction of sp³-hybridized carbons (Fsp3) is 0.393. The maximum absolute atomic E-state index is 13.0. The predicted molar refractivity (Wildman–Crippen MR) is 138 cm³/mol. The Kier molecular flexibility index (Phi) is 5.31. The number of carbonyl (C=O) groups excluding carboxylic acids is 2. The second kappa shape index (κ2) is 8.34. The molecular weight excluding hydrogens is 472 g/mol. The van der Waals surface area contributed by atoms with Crippen LogP contribution in [0.5, 0.6) is 5.75 Å². The molecule has 1 aliphatic heterocycles. The van der Waals surface area contributed by atoms with E-state index < -0.39 is 6.10 Å². The number of furan rings is 1. The molecule has 3 heterocycles. The summed E-state index contributed by atoms with van der Waals surface area (Å²) >= 11 is 0. The molecule has 9 nitrogen and oxygen atoms in total. The van der Waals surface area contributed by atoms with Crippen LogP contribution >= 0.6 is 0 Å². The molecule has 9 heteroatoms. The summed E-state index contributed by atoms with van der Waals surface area (Å²) in [6, 6.07) is 5.08. The summed E-state index contributed by atoms with van der Waals surface area (Å²) in [5.41, 5.74) is 2.83. The molecule has 4 aliphatic rings. The van der Waals surface area contributed by atoms with Crippen molar-refractivity contribution in [3.05, 3.63) is 58.6 Å². The van der Waals surface area contributed by atoms with Gasteiger partial charge in [-0.05, 0) is 63.6 Å². The molecule has 4 N–H and O–H groups in total. The first-order chi connectivity index (χ1) is 17.7. The third-order valence-electron chi connectivity index (χ3n) is 8.25. The van der Waals surface area contributed by atoms with Gasteiger partial charge in [0.1, 0.15) is 17.1 Å². The molecule has 2 atom stereocenters. The lowest BCUT2D eigenvalue weighted by Crippen LogP contribution is -2.68. The number of hydrogen-bond donors (Lipinski definition) is 4. The van der Waals surface area contributed by atoms with Crippen LogP contribution in [-0.4, -0.2) is 57.2 Å². The first-order valence-electron chi connectivity index (χ1n) is 12.6. The van der Waals surface area contributed by atoms with Gasteiger partial charge in [-0.2, -0.15) is 0 Å². The van der Waals surface area contributed by atoms with Gasteiger partial charge < -0.3 is 34.9 Å². The van der Waals surface area contributed by atoms with E-state index in [1.807, 2.05) is 19.9 Å². The lowest BCUT2D eigenvalue weighted by molar-refractivity contribution is -0.0438. The van der Waals surface area contributed by atoms with E-state index in [2.05, 4.69) is 10.3 Å². The zero-order valence-corrected chi connectivity index (χ0v) is 21.1. The number of H-pyrrole nitrogens is 1. The summed E-state index contributed by atoms with van der Waals surface area (Å²) in [6.45, 7) is 5.73. The summed E-state index contributed by atoms with van der Waals surface area (Å²) in [6.07, 6.45) is 6.95. The number of benzene rings is 1. The molecule has 1 aromatic carbocycles. The predicted octanol–water partition coefficient (Wildman–Crippen LogP) is 3.93. The zero-order chi connectivity index (χ0) is 26.1. The number of fused-ring (bicyclic) bond motifs is 1. The average molecular weight is 503 g/mol. The Morgan fingerprint density at radius 1 is 1.30 bits per heavy atom. The van der Waals surface area contributed by atoms with Crippen LogP contribution in [0.1, 0.15) is 63.9 Å². The van der Waals surface area contributed by atoms with Crippen molar-refractivity contribution >= 4 is 34.8 Å². The largest absolute Gasteiger partial charge is 0.460 e. The third kappa shape index (κ3) is 3.68. The minimum atomic E-state index is -0.505. The summed E-state index contributed by atoms with van der Waals surface area (Å²) in [5.74, 6) is 1.91. The summed E-state index contributed by atoms with van der Waals surface area (Å²) in [5, 5.41) is 21.3. The second-order valence-corrected chi connectivity index (χ2v) is 10.7. The van der Waals surface area contributed by atoms with E-state index in [0.717, 1.165) is 36.8 Å². The Bertz CT molecular complexity index is 1460. The molecule has 3 aliphatic carbocycles. The maximum atomic E-state index is 13.0. The van der Waals surface area contributed by atoms with E-state index in [1.54, 1.807) is 30.2 Å². The van der Waals surface area contributed by atoms with Crippen molar-refractivity contribution < 1.29 is 23.8 Å². The molecule has 192 valence electrons. The first kappa shape index (κ1) is 23.5. The van der Waals surface area contributed by atoms with Crippen molar-refractivity contribution in [3.8, 4) is 5.75 Å². The van der Waals surface area contributed by atoms with E-state index in [-0.39, 0.29) is 23.4 Å². The van der Waals surface area contributed by atoms with E-state index >= 15 is 0 Å². The van der Waals surface area contributed by atoms with E-state index in [0.29, 0.717) is 51.8 Å². The standard InChI is InChI=1S/C28H30N4O5/c1-14-20(27(35)32-13-21(33)15(32)2)12-30-25(14)22(6-7-29)37-18-4-5-19-23(8-18)36-16(3)24(19)26(34)31-28-9-17(10-28)11-28/h4-8,12,15,17,21,29-30,33H,9-11,13H2,1-3H3,(H,31,34)/b22-6+,29-7?. The molecule has 2 amide bonds. The van der Waals surface area contributed by atoms with Gasteiger partial charge in [-0.15, -0.1) is 0 Å². The number of nitrogens with one attached hydrogen (secondary N) is 3. The highest BCUT2D eigenvalue weighted by Gasteiger charge is 2.57. The van der Waals surface area contributed by atoms with Crippen LogP contribution in [-0.2, 0) is 0 Å². The van der Waals surface area contributed by atoms with Crippen LogP contribution in [0.2, 0.25) is 0 Å². The van der Waals surface area contributed by atoms with E-state index in [4.69, 9.17) is 14.6 Å². The zero-order valence-electron chi connectivity index (χ0n) is 21.1. The normalized spacial score (nSPS) is 26.2. The molecule has 2 unspecified atom stereocenters. The smallest absolute Gasteiger partial charge is 0.256 e. The second-order valence-electron chi connectivity index (χ2n) is 10.7. The number of aliphatic hydroxyl groups is 1. The van der Waals surface area contributed by atoms with Gasteiger partial charge in [-0.25, -0.2) is 0 Å². The number of β-amino-alcohol motifs (C(OH)–C–C–N with tert-alkyl or cyclic N) is 1. The number of ether oxygens (including phenoxy) is 1. The number of rotatable bonds is 7. The topological polar surface area (TPSA) is 132 Å². The Morgan fingerprint density at radius 2 is 2.05 bits per heavy atom. The molecule has 3 saturated carbocycles. The molecule has 0 spiro atoms. The average Bonchev–Trinajstić information content (AvgIpc) is 3.36. The quantitative estimate of drug-likeness (QED) is 0.287. The summed E-state index contributed by atoms with van der Waals surface area (Å²) < 4.78 is 12.1. The highest BCUT2D eigenvalue weighted by molar-refractivity contribution is 6.08. The van der Waals surface area contributed by atoms with Crippen molar-refractivity contribution in [2.45, 2.75) is 57.7 Å². The van der Waals surface area contributed by atoms with Crippen LogP contribution in [0.3, 0.4) is 0 Å². The van der Waals surface area contributed by atoms with Crippen molar-refractivity contribution in [2.75, 3.05) is 6.54 Å². The van der Waals surface area contributed by atoms with Crippen LogP contribution < -0.4 is 10.1 Å². The van der Waals surface area contributed by atoms with E-state index in [1.165, 1.54) is 6.08 Å². The van der Waals surface area contributed by atoms with Crippen LogP contribution in [0.25, 0.3) is 16.7 Å². The van der Waals surface area contributed by atoms with E-state index in [9.17, 15) is 14.7 Å². The number of amides is 2. The SMILES string of the molecule is Cc1oc2cc(O/C(=C/C=N)c3[nH]cc(C(=O)N4CC(O)C4C)c3C)ccc2c1C(=O)NC12CC(C1)C2. The maximum Gasteiger partial charge on any atom is 0.256 e. The number of aliphatic hydroxyl groups excluding tert-OH is 1. The van der Waals surface area contributed by atoms with Crippen LogP contribution in [0, 0.1) is 25.2 Å². The molecule has 2 aromatic heterocycles. The Labute approximate surface area is 214 Å². The van der Waals surface area contributed by atoms with Gasteiger partial charge in [-0.1, -0.05) is 0 Å². The molecule has 7 rings (SSSR count).